The molecule has 8 heteroatoms. The van der Waals surface area contributed by atoms with E-state index in [9.17, 15) is 8.42 Å². The van der Waals surface area contributed by atoms with Gasteiger partial charge in [0.05, 0.1) is 12.8 Å². The van der Waals surface area contributed by atoms with Crippen molar-refractivity contribution < 1.29 is 13.5 Å². The third-order valence-corrected chi connectivity index (χ3v) is 3.50. The minimum Gasteiger partial charge on any atom is -0.395 e. The van der Waals surface area contributed by atoms with Crippen molar-refractivity contribution in [2.75, 3.05) is 12.3 Å². The molecule has 1 aromatic heterocycles. The summed E-state index contributed by atoms with van der Waals surface area (Å²) in [6, 6.07) is -0.510. The molecule has 15 heavy (non-hydrogen) atoms. The summed E-state index contributed by atoms with van der Waals surface area (Å²) < 4.78 is 25.7. The number of aromatic amines is 1. The number of hydrogen-bond acceptors (Lipinski definition) is 5. The van der Waals surface area contributed by atoms with Gasteiger partial charge in [0.25, 0.3) is 0 Å². The number of aliphatic hydroxyl groups is 1. The van der Waals surface area contributed by atoms with Gasteiger partial charge >= 0.3 is 0 Å². The molecule has 0 amide bonds. The van der Waals surface area contributed by atoms with Crippen LogP contribution in [0.1, 0.15) is 13.3 Å². The van der Waals surface area contributed by atoms with Gasteiger partial charge in [0.2, 0.25) is 10.0 Å². The fourth-order valence-electron chi connectivity index (χ4n) is 1.03. The topological polar surface area (TPSA) is 121 Å². The Morgan fingerprint density at radius 3 is 2.80 bits per heavy atom. The highest BCUT2D eigenvalue weighted by molar-refractivity contribution is 7.89. The fourth-order valence-corrected chi connectivity index (χ4v) is 2.37. The summed E-state index contributed by atoms with van der Waals surface area (Å²) in [5.74, 6) is -0.0182. The number of nitrogens with zero attached hydrogens (tertiary/aromatic N) is 1. The monoisotopic (exact) mass is 234 g/mol. The third kappa shape index (κ3) is 2.67. The molecule has 0 aliphatic rings. The molecular formula is C7H14N4O3S. The number of H-pyrrole nitrogens is 1. The van der Waals surface area contributed by atoms with Gasteiger partial charge in [0, 0.05) is 6.04 Å². The lowest BCUT2D eigenvalue weighted by Crippen LogP contribution is -2.37. The summed E-state index contributed by atoms with van der Waals surface area (Å²) in [5.41, 5.74) is 5.39. The Morgan fingerprint density at radius 2 is 2.40 bits per heavy atom. The maximum Gasteiger partial charge on any atom is 0.246 e. The summed E-state index contributed by atoms with van der Waals surface area (Å²) in [6.45, 7) is 1.51. The first-order valence-electron chi connectivity index (χ1n) is 4.43. The molecule has 0 aliphatic heterocycles. The Labute approximate surface area is 87.7 Å². The van der Waals surface area contributed by atoms with Gasteiger partial charge in [-0.1, -0.05) is 6.92 Å². The molecular weight excluding hydrogens is 220 g/mol. The average molecular weight is 234 g/mol. The number of sulfonamides is 1. The molecule has 7 nitrogen and oxygen atoms in total. The smallest absolute Gasteiger partial charge is 0.246 e. The quantitative estimate of drug-likeness (QED) is 0.523. The maximum absolute atomic E-state index is 11.7. The molecule has 0 aliphatic carbocycles. The van der Waals surface area contributed by atoms with Crippen LogP contribution in [0.4, 0.5) is 5.82 Å². The number of rotatable bonds is 5. The van der Waals surface area contributed by atoms with Crippen LogP contribution in [0.15, 0.2) is 11.1 Å². The van der Waals surface area contributed by atoms with Crippen molar-refractivity contribution in [1.82, 2.24) is 14.9 Å². The molecule has 1 rings (SSSR count). The normalized spacial score (nSPS) is 14.0. The van der Waals surface area contributed by atoms with Gasteiger partial charge in [-0.15, -0.1) is 0 Å². The Bertz CT molecular complexity index is 410. The van der Waals surface area contributed by atoms with Crippen LogP contribution in [-0.4, -0.2) is 36.4 Å². The molecule has 5 N–H and O–H groups in total. The fraction of sp³-hybridized carbons (Fsp3) is 0.571. The van der Waals surface area contributed by atoms with Crippen LogP contribution < -0.4 is 10.5 Å². The van der Waals surface area contributed by atoms with E-state index in [-0.39, 0.29) is 17.3 Å². The number of aliphatic hydroxyl groups excluding tert-OH is 1. The molecule has 0 fully saturated rings. The Hall–Kier alpha value is -1.12. The average Bonchev–Trinajstić information content (AvgIpc) is 2.61. The Balaban J connectivity index is 2.90. The molecule has 0 saturated carbocycles. The lowest BCUT2D eigenvalue weighted by molar-refractivity contribution is 0.254. The molecule has 0 unspecified atom stereocenters. The summed E-state index contributed by atoms with van der Waals surface area (Å²) in [6.07, 6.45) is 1.62. The van der Waals surface area contributed by atoms with Gasteiger partial charge < -0.3 is 10.8 Å². The molecule has 0 bridgehead atoms. The van der Waals surface area contributed by atoms with Gasteiger partial charge in [-0.25, -0.2) is 13.1 Å². The molecule has 0 radical (unpaired) electrons. The van der Waals surface area contributed by atoms with E-state index in [4.69, 9.17) is 10.8 Å². The number of nitrogens with two attached hydrogens (primary N) is 1. The Kier molecular flexibility index (Phi) is 3.66. The SMILES string of the molecule is CC[C@H](CO)NS(=O)(=O)c1cn[nH]c1N. The molecule has 0 spiro atoms. The van der Waals surface area contributed by atoms with Crippen molar-refractivity contribution in [2.45, 2.75) is 24.3 Å². The van der Waals surface area contributed by atoms with Gasteiger partial charge in [0.1, 0.15) is 10.7 Å². The highest BCUT2D eigenvalue weighted by atomic mass is 32.2. The minimum atomic E-state index is -3.70. The van der Waals surface area contributed by atoms with Crippen molar-refractivity contribution in [3.05, 3.63) is 6.20 Å². The first-order valence-corrected chi connectivity index (χ1v) is 5.91. The van der Waals surface area contributed by atoms with Crippen LogP contribution >= 0.6 is 0 Å². The summed E-state index contributed by atoms with van der Waals surface area (Å²) in [5, 5.41) is 14.7. The zero-order valence-electron chi connectivity index (χ0n) is 8.27. The zero-order chi connectivity index (χ0) is 11.5. The van der Waals surface area contributed by atoms with Crippen molar-refractivity contribution in [3.8, 4) is 0 Å². The second-order valence-electron chi connectivity index (χ2n) is 3.06. The predicted octanol–water partition coefficient (Wildman–Crippen LogP) is -0.959. The largest absolute Gasteiger partial charge is 0.395 e. The van der Waals surface area contributed by atoms with Gasteiger partial charge in [-0.2, -0.15) is 5.10 Å². The number of anilines is 1. The first kappa shape index (κ1) is 12.0. The van der Waals surface area contributed by atoms with Crippen LogP contribution in [0.2, 0.25) is 0 Å². The molecule has 86 valence electrons. The number of aromatic nitrogens is 2. The van der Waals surface area contributed by atoms with E-state index in [1.165, 1.54) is 0 Å². The lowest BCUT2D eigenvalue weighted by Gasteiger charge is -2.13. The van der Waals surface area contributed by atoms with E-state index in [1.807, 2.05) is 0 Å². The van der Waals surface area contributed by atoms with E-state index in [1.54, 1.807) is 6.92 Å². The lowest BCUT2D eigenvalue weighted by atomic mass is 10.3. The van der Waals surface area contributed by atoms with Crippen molar-refractivity contribution >= 4 is 15.8 Å². The number of nitrogens with one attached hydrogen (secondary N) is 2. The summed E-state index contributed by atoms with van der Waals surface area (Å²) >= 11 is 0. The highest BCUT2D eigenvalue weighted by Gasteiger charge is 2.22. The number of nitrogen functional groups attached to an aromatic ring is 1. The summed E-state index contributed by atoms with van der Waals surface area (Å²) in [7, 11) is -3.70. The van der Waals surface area contributed by atoms with Gasteiger partial charge in [-0.05, 0) is 6.42 Å². The molecule has 0 saturated heterocycles. The van der Waals surface area contributed by atoms with Crippen LogP contribution in [0, 0.1) is 0 Å². The molecule has 0 aromatic carbocycles. The highest BCUT2D eigenvalue weighted by Crippen LogP contribution is 2.14. The molecule has 1 aromatic rings. The third-order valence-electron chi connectivity index (χ3n) is 1.96. The van der Waals surface area contributed by atoms with E-state index >= 15 is 0 Å². The minimum absolute atomic E-state index is 0.0182. The Morgan fingerprint density at radius 1 is 1.73 bits per heavy atom. The standard InChI is InChI=1S/C7H14N4O3S/c1-2-5(4-12)11-15(13,14)6-3-9-10-7(6)8/h3,5,11-12H,2,4H2,1H3,(H3,8,9,10)/t5-/m1/s1. The van der Waals surface area contributed by atoms with Gasteiger partial charge in [0.15, 0.2) is 0 Å². The van der Waals surface area contributed by atoms with Crippen LogP contribution in [0.5, 0.6) is 0 Å². The second kappa shape index (κ2) is 4.60. The zero-order valence-corrected chi connectivity index (χ0v) is 9.08. The van der Waals surface area contributed by atoms with E-state index in [0.29, 0.717) is 6.42 Å². The summed E-state index contributed by atoms with van der Waals surface area (Å²) in [4.78, 5) is -0.102. The van der Waals surface area contributed by atoms with Gasteiger partial charge in [-0.3, -0.25) is 5.10 Å². The number of hydrogen-bond donors (Lipinski definition) is 4. The van der Waals surface area contributed by atoms with E-state index in [0.717, 1.165) is 6.20 Å². The van der Waals surface area contributed by atoms with Crippen LogP contribution in [0.25, 0.3) is 0 Å². The van der Waals surface area contributed by atoms with Crippen LogP contribution in [-0.2, 0) is 10.0 Å². The maximum atomic E-state index is 11.7. The van der Waals surface area contributed by atoms with Crippen molar-refractivity contribution in [1.29, 1.82) is 0 Å². The molecule has 1 atom stereocenters. The predicted molar refractivity (Wildman–Crippen MR) is 54.5 cm³/mol. The van der Waals surface area contributed by atoms with Crippen LogP contribution in [0.3, 0.4) is 0 Å². The second-order valence-corrected chi connectivity index (χ2v) is 4.74. The van der Waals surface area contributed by atoms with E-state index in [2.05, 4.69) is 14.9 Å². The molecule has 1 heterocycles. The van der Waals surface area contributed by atoms with E-state index < -0.39 is 16.1 Å². The first-order chi connectivity index (χ1) is 7.01. The van der Waals surface area contributed by atoms with Crippen molar-refractivity contribution in [3.63, 3.8) is 0 Å². The van der Waals surface area contributed by atoms with Crippen molar-refractivity contribution in [2.24, 2.45) is 0 Å².